The largest absolute Gasteiger partial charge is 0.197 e. The highest BCUT2D eigenvalue weighted by Gasteiger charge is 2.01. The van der Waals surface area contributed by atoms with E-state index in [1.807, 2.05) is 13.8 Å². The van der Waals surface area contributed by atoms with Crippen LogP contribution in [0.1, 0.15) is 32.0 Å². The molecule has 14 heavy (non-hydrogen) atoms. The first-order chi connectivity index (χ1) is 6.81. The summed E-state index contributed by atoms with van der Waals surface area (Å²) in [5.41, 5.74) is 2.55. The van der Waals surface area contributed by atoms with E-state index in [-0.39, 0.29) is 0 Å². The summed E-state index contributed by atoms with van der Waals surface area (Å²) in [6.45, 7) is 8.24. The quantitative estimate of drug-likeness (QED) is 0.683. The summed E-state index contributed by atoms with van der Waals surface area (Å²) in [5.74, 6) is 0. The molecule has 0 unspecified atom stereocenters. The fourth-order valence-corrected chi connectivity index (χ4v) is 2.09. The molecule has 2 aromatic rings. The molecule has 0 aliphatic carbocycles. The van der Waals surface area contributed by atoms with Crippen molar-refractivity contribution in [2.75, 3.05) is 0 Å². The van der Waals surface area contributed by atoms with E-state index in [1.165, 1.54) is 15.6 Å². The molecule has 0 aliphatic heterocycles. The summed E-state index contributed by atoms with van der Waals surface area (Å²) < 4.78 is 5.61. The summed E-state index contributed by atoms with van der Waals surface area (Å²) in [6.07, 6.45) is 1.10. The number of aromatic nitrogens is 1. The highest BCUT2D eigenvalue weighted by molar-refractivity contribution is 7.13. The number of nitrogens with zero attached hydrogens (tertiary/aromatic N) is 1. The second-order valence-corrected chi connectivity index (χ2v) is 3.76. The zero-order valence-electron chi connectivity index (χ0n) is 9.29. The molecule has 2 heteroatoms. The predicted octanol–water partition coefficient (Wildman–Crippen LogP) is 4.19. The van der Waals surface area contributed by atoms with Crippen LogP contribution >= 0.6 is 11.5 Å². The lowest BCUT2D eigenvalue weighted by molar-refractivity contribution is 1.15. The van der Waals surface area contributed by atoms with E-state index < -0.39 is 0 Å². The van der Waals surface area contributed by atoms with Gasteiger partial charge in [-0.3, -0.25) is 0 Å². The molecule has 0 atom stereocenters. The zero-order chi connectivity index (χ0) is 10.6. The molecular formula is C12H17NS. The third kappa shape index (κ3) is 2.13. The smallest absolute Gasteiger partial charge is 0.0589 e. The van der Waals surface area contributed by atoms with Gasteiger partial charge in [0.15, 0.2) is 0 Å². The van der Waals surface area contributed by atoms with Crippen molar-refractivity contribution >= 4 is 21.6 Å². The van der Waals surface area contributed by atoms with E-state index in [2.05, 4.69) is 36.4 Å². The Balaban J connectivity index is 0.000000461. The highest BCUT2D eigenvalue weighted by atomic mass is 32.1. The van der Waals surface area contributed by atoms with Crippen LogP contribution in [0.3, 0.4) is 0 Å². The Kier molecular flexibility index (Phi) is 4.08. The molecule has 0 aliphatic rings. The van der Waals surface area contributed by atoms with Crippen LogP contribution in [-0.2, 0) is 6.42 Å². The van der Waals surface area contributed by atoms with Crippen molar-refractivity contribution < 1.29 is 0 Å². The molecule has 1 aromatic carbocycles. The lowest BCUT2D eigenvalue weighted by Crippen LogP contribution is -1.78. The Morgan fingerprint density at radius 2 is 2.00 bits per heavy atom. The maximum Gasteiger partial charge on any atom is 0.0589 e. The summed E-state index contributed by atoms with van der Waals surface area (Å²) in [5, 5.41) is 1.32. The van der Waals surface area contributed by atoms with Crippen LogP contribution in [0.5, 0.6) is 0 Å². The minimum absolute atomic E-state index is 1.10. The molecule has 1 nitrogen and oxygen atoms in total. The summed E-state index contributed by atoms with van der Waals surface area (Å²) >= 11 is 1.58. The second-order valence-electron chi connectivity index (χ2n) is 2.95. The predicted molar refractivity (Wildman–Crippen MR) is 65.1 cm³/mol. The highest BCUT2D eigenvalue weighted by Crippen LogP contribution is 2.23. The van der Waals surface area contributed by atoms with E-state index in [0.717, 1.165) is 12.1 Å². The standard InChI is InChI=1S/C10H11NS.C2H6/c1-3-8-4-5-10-9(6-8)7(2)11-12-10;1-2/h4-6H,3H2,1-2H3;1-2H3. The Morgan fingerprint density at radius 1 is 1.29 bits per heavy atom. The van der Waals surface area contributed by atoms with Crippen LogP contribution < -0.4 is 0 Å². The van der Waals surface area contributed by atoms with Crippen molar-refractivity contribution in [1.82, 2.24) is 4.37 Å². The Labute approximate surface area is 89.9 Å². The molecule has 0 spiro atoms. The van der Waals surface area contributed by atoms with Gasteiger partial charge in [-0.1, -0.05) is 26.8 Å². The van der Waals surface area contributed by atoms with Crippen molar-refractivity contribution in [3.8, 4) is 0 Å². The minimum atomic E-state index is 1.10. The van der Waals surface area contributed by atoms with Crippen molar-refractivity contribution in [2.24, 2.45) is 0 Å². The lowest BCUT2D eigenvalue weighted by atomic mass is 10.1. The molecule has 76 valence electrons. The Hall–Kier alpha value is -0.890. The van der Waals surface area contributed by atoms with E-state index >= 15 is 0 Å². The first-order valence-electron chi connectivity index (χ1n) is 5.16. The fraction of sp³-hybridized carbons (Fsp3) is 0.417. The molecule has 0 radical (unpaired) electrons. The fourth-order valence-electron chi connectivity index (χ4n) is 1.33. The SMILES string of the molecule is CC.CCc1ccc2snc(C)c2c1. The van der Waals surface area contributed by atoms with Gasteiger partial charge in [-0.05, 0) is 42.6 Å². The molecule has 0 amide bonds. The molecular weight excluding hydrogens is 190 g/mol. The Bertz CT molecular complexity index is 404. The van der Waals surface area contributed by atoms with Crippen molar-refractivity contribution in [2.45, 2.75) is 34.1 Å². The third-order valence-electron chi connectivity index (χ3n) is 2.12. The maximum absolute atomic E-state index is 4.31. The van der Waals surface area contributed by atoms with E-state index in [4.69, 9.17) is 0 Å². The number of rotatable bonds is 1. The number of benzene rings is 1. The van der Waals surface area contributed by atoms with Gasteiger partial charge < -0.3 is 0 Å². The van der Waals surface area contributed by atoms with Gasteiger partial charge in [0.25, 0.3) is 0 Å². The van der Waals surface area contributed by atoms with Gasteiger partial charge in [0, 0.05) is 5.39 Å². The molecule has 2 rings (SSSR count). The first kappa shape index (κ1) is 11.2. The summed E-state index contributed by atoms with van der Waals surface area (Å²) in [6, 6.07) is 6.59. The average Bonchev–Trinajstić information content (AvgIpc) is 2.63. The number of aryl methyl sites for hydroxylation is 2. The van der Waals surface area contributed by atoms with Crippen LogP contribution in [0.25, 0.3) is 10.1 Å². The number of fused-ring (bicyclic) bond motifs is 1. The minimum Gasteiger partial charge on any atom is -0.197 e. The van der Waals surface area contributed by atoms with E-state index in [1.54, 1.807) is 11.5 Å². The number of hydrogen-bond acceptors (Lipinski definition) is 2. The third-order valence-corrected chi connectivity index (χ3v) is 3.04. The van der Waals surface area contributed by atoms with Crippen molar-refractivity contribution in [1.29, 1.82) is 0 Å². The van der Waals surface area contributed by atoms with E-state index in [0.29, 0.717) is 0 Å². The van der Waals surface area contributed by atoms with Gasteiger partial charge in [0.2, 0.25) is 0 Å². The monoisotopic (exact) mass is 207 g/mol. The average molecular weight is 207 g/mol. The summed E-state index contributed by atoms with van der Waals surface area (Å²) in [7, 11) is 0. The van der Waals surface area contributed by atoms with Gasteiger partial charge in [0.1, 0.15) is 0 Å². The van der Waals surface area contributed by atoms with Crippen LogP contribution in [0, 0.1) is 6.92 Å². The topological polar surface area (TPSA) is 12.9 Å². The maximum atomic E-state index is 4.31. The van der Waals surface area contributed by atoms with Crippen LogP contribution in [-0.4, -0.2) is 4.37 Å². The van der Waals surface area contributed by atoms with Gasteiger partial charge in [-0.2, -0.15) is 4.37 Å². The van der Waals surface area contributed by atoms with Crippen LogP contribution in [0.2, 0.25) is 0 Å². The molecule has 0 fully saturated rings. The Morgan fingerprint density at radius 3 is 2.64 bits per heavy atom. The van der Waals surface area contributed by atoms with Crippen LogP contribution in [0.4, 0.5) is 0 Å². The van der Waals surface area contributed by atoms with Crippen molar-refractivity contribution in [3.05, 3.63) is 29.5 Å². The molecule has 0 bridgehead atoms. The van der Waals surface area contributed by atoms with Gasteiger partial charge >= 0.3 is 0 Å². The van der Waals surface area contributed by atoms with Crippen LogP contribution in [0.15, 0.2) is 18.2 Å². The molecule has 0 saturated heterocycles. The normalized spacial score (nSPS) is 9.71. The number of hydrogen-bond donors (Lipinski definition) is 0. The second kappa shape index (κ2) is 5.11. The molecule has 1 heterocycles. The van der Waals surface area contributed by atoms with Gasteiger partial charge in [0.05, 0.1) is 10.4 Å². The van der Waals surface area contributed by atoms with Crippen molar-refractivity contribution in [3.63, 3.8) is 0 Å². The zero-order valence-corrected chi connectivity index (χ0v) is 10.1. The lowest BCUT2D eigenvalue weighted by Gasteiger charge is -1.95. The first-order valence-corrected chi connectivity index (χ1v) is 5.93. The summed E-state index contributed by atoms with van der Waals surface area (Å²) in [4.78, 5) is 0. The van der Waals surface area contributed by atoms with Gasteiger partial charge in [-0.25, -0.2) is 0 Å². The molecule has 0 N–H and O–H groups in total. The van der Waals surface area contributed by atoms with E-state index in [9.17, 15) is 0 Å². The van der Waals surface area contributed by atoms with Gasteiger partial charge in [-0.15, -0.1) is 0 Å². The molecule has 1 aromatic heterocycles. The molecule has 0 saturated carbocycles.